The number of fused-ring (bicyclic) bond motifs is 1. The van der Waals surface area contributed by atoms with Gasteiger partial charge in [-0.1, -0.05) is 37.1 Å². The third kappa shape index (κ3) is 5.69. The van der Waals surface area contributed by atoms with Crippen LogP contribution in [-0.4, -0.2) is 85.1 Å². The minimum atomic E-state index is -0.459. The summed E-state index contributed by atoms with van der Waals surface area (Å²) in [7, 11) is 0. The van der Waals surface area contributed by atoms with Crippen LogP contribution in [0.3, 0.4) is 0 Å². The quantitative estimate of drug-likeness (QED) is 0.500. The molecule has 0 unspecified atom stereocenters. The molecule has 9 nitrogen and oxygen atoms in total. The van der Waals surface area contributed by atoms with E-state index in [0.29, 0.717) is 55.5 Å². The van der Waals surface area contributed by atoms with E-state index in [4.69, 9.17) is 14.2 Å². The highest BCUT2D eigenvalue weighted by Gasteiger charge is 2.37. The third-order valence-electron chi connectivity index (χ3n) is 8.26. The molecule has 3 heterocycles. The normalized spacial score (nSPS) is 21.1. The Hall–Kier alpha value is -3.50. The molecular formula is C30H35FN4O5. The first-order valence-corrected chi connectivity index (χ1v) is 14.2. The topological polar surface area (TPSA) is 83.9 Å². The molecule has 1 atom stereocenters. The highest BCUT2D eigenvalue weighted by Crippen LogP contribution is 2.39. The number of benzene rings is 2. The lowest BCUT2D eigenvalue weighted by molar-refractivity contribution is -0.144. The van der Waals surface area contributed by atoms with Crippen molar-refractivity contribution < 1.29 is 28.2 Å². The van der Waals surface area contributed by atoms with Gasteiger partial charge < -0.3 is 19.1 Å². The molecule has 0 bridgehead atoms. The Bertz CT molecular complexity index is 1270. The molecule has 1 saturated heterocycles. The lowest BCUT2D eigenvalue weighted by atomic mass is 9.97. The molecule has 2 aromatic carbocycles. The van der Waals surface area contributed by atoms with Crippen molar-refractivity contribution in [2.75, 3.05) is 52.7 Å². The summed E-state index contributed by atoms with van der Waals surface area (Å²) >= 11 is 0. The first kappa shape index (κ1) is 26.7. The summed E-state index contributed by atoms with van der Waals surface area (Å²) < 4.78 is 31.3. The molecule has 0 N–H and O–H groups in total. The van der Waals surface area contributed by atoms with Crippen molar-refractivity contribution in [3.63, 3.8) is 0 Å². The van der Waals surface area contributed by atoms with E-state index in [1.165, 1.54) is 11.1 Å². The minimum absolute atomic E-state index is 0.0382. The summed E-state index contributed by atoms with van der Waals surface area (Å²) in [5.41, 5.74) is 1.68. The number of nitrogens with zero attached hydrogens (tertiary/aromatic N) is 4. The Balaban J connectivity index is 1.26. The monoisotopic (exact) mass is 550 g/mol. The Labute approximate surface area is 233 Å². The van der Waals surface area contributed by atoms with Crippen molar-refractivity contribution in [1.29, 1.82) is 0 Å². The van der Waals surface area contributed by atoms with E-state index in [1.807, 2.05) is 18.2 Å². The number of morpholine rings is 1. The molecule has 2 amide bonds. The van der Waals surface area contributed by atoms with E-state index < -0.39 is 6.04 Å². The van der Waals surface area contributed by atoms with Crippen LogP contribution in [0, 0.1) is 11.7 Å². The summed E-state index contributed by atoms with van der Waals surface area (Å²) in [5, 5.41) is 6.09. The molecule has 1 aliphatic carbocycles. The van der Waals surface area contributed by atoms with Gasteiger partial charge in [0, 0.05) is 44.1 Å². The minimum Gasteiger partial charge on any atom is -0.454 e. The number of hydrogen-bond donors (Lipinski definition) is 0. The number of amides is 2. The Morgan fingerprint density at radius 1 is 1.02 bits per heavy atom. The van der Waals surface area contributed by atoms with Crippen LogP contribution in [0.15, 0.2) is 47.6 Å². The van der Waals surface area contributed by atoms with Gasteiger partial charge in [0.25, 0.3) is 5.91 Å². The number of carbonyl (C=O) groups is 2. The van der Waals surface area contributed by atoms with Gasteiger partial charge in [0.15, 0.2) is 11.5 Å². The maximum absolute atomic E-state index is 14.8. The summed E-state index contributed by atoms with van der Waals surface area (Å²) in [5.74, 6) is 0.569. The molecule has 4 aliphatic rings. The smallest absolute Gasteiger partial charge is 0.262 e. The number of hydrogen-bond acceptors (Lipinski definition) is 7. The fraction of sp³-hybridized carbons (Fsp3) is 0.500. The van der Waals surface area contributed by atoms with Gasteiger partial charge >= 0.3 is 0 Å². The first-order valence-electron chi connectivity index (χ1n) is 14.2. The zero-order valence-corrected chi connectivity index (χ0v) is 22.6. The third-order valence-corrected chi connectivity index (χ3v) is 8.26. The number of hydrazone groups is 1. The van der Waals surface area contributed by atoms with Crippen LogP contribution in [0.4, 0.5) is 4.39 Å². The number of halogens is 1. The van der Waals surface area contributed by atoms with Gasteiger partial charge in [-0.05, 0) is 36.6 Å². The summed E-state index contributed by atoms with van der Waals surface area (Å²) in [6, 6.07) is 11.6. The van der Waals surface area contributed by atoms with Gasteiger partial charge in [0.2, 0.25) is 12.7 Å². The second-order valence-corrected chi connectivity index (χ2v) is 10.8. The average Bonchev–Trinajstić information content (AvgIpc) is 3.76. The zero-order valence-electron chi connectivity index (χ0n) is 22.6. The second-order valence-electron chi connectivity index (χ2n) is 10.8. The highest BCUT2D eigenvalue weighted by atomic mass is 19.1. The van der Waals surface area contributed by atoms with Crippen LogP contribution in [-0.2, 0) is 14.3 Å². The average molecular weight is 551 g/mol. The van der Waals surface area contributed by atoms with Crippen molar-refractivity contribution in [3.8, 4) is 11.5 Å². The molecule has 10 heteroatoms. The van der Waals surface area contributed by atoms with Crippen molar-refractivity contribution >= 4 is 17.5 Å². The van der Waals surface area contributed by atoms with Crippen LogP contribution in [0.1, 0.15) is 49.3 Å². The van der Waals surface area contributed by atoms with Gasteiger partial charge in [0.1, 0.15) is 12.4 Å². The van der Waals surface area contributed by atoms with Gasteiger partial charge in [0.05, 0.1) is 25.0 Å². The highest BCUT2D eigenvalue weighted by molar-refractivity contribution is 6.03. The molecule has 1 saturated carbocycles. The van der Waals surface area contributed by atoms with Crippen LogP contribution in [0.5, 0.6) is 11.5 Å². The Kier molecular flexibility index (Phi) is 7.97. The predicted octanol–water partition coefficient (Wildman–Crippen LogP) is 3.58. The van der Waals surface area contributed by atoms with E-state index in [2.05, 4.69) is 10.0 Å². The molecule has 212 valence electrons. The molecule has 3 aliphatic heterocycles. The zero-order chi connectivity index (χ0) is 27.5. The molecule has 2 fully saturated rings. The molecule has 0 radical (unpaired) electrons. The lowest BCUT2D eigenvalue weighted by Gasteiger charge is -2.32. The number of ether oxygens (including phenoxy) is 3. The van der Waals surface area contributed by atoms with Crippen molar-refractivity contribution in [2.45, 2.75) is 38.1 Å². The second kappa shape index (κ2) is 11.9. The standard InChI is InChI=1S/C30H35FN4O5/c31-24-8-4-3-7-23(24)25-18-26(22-9-10-27-28(17-22)40-20-39-27)35(32-25)29(36)19-34(30(37)21-5-1-2-6-21)12-11-33-13-15-38-16-14-33/h3-4,7-10,17,21,26H,1-2,5-6,11-16,18-20H2/t26-/m0/s1. The van der Waals surface area contributed by atoms with Crippen molar-refractivity contribution in [2.24, 2.45) is 11.0 Å². The maximum Gasteiger partial charge on any atom is 0.262 e. The number of carbonyl (C=O) groups excluding carboxylic acids is 2. The summed E-state index contributed by atoms with van der Waals surface area (Å²) in [4.78, 5) is 31.5. The van der Waals surface area contributed by atoms with Crippen LogP contribution < -0.4 is 9.47 Å². The van der Waals surface area contributed by atoms with E-state index in [0.717, 1.165) is 44.3 Å². The summed E-state index contributed by atoms with van der Waals surface area (Å²) in [6.07, 6.45) is 4.14. The first-order chi connectivity index (χ1) is 19.6. The Morgan fingerprint density at radius 2 is 1.80 bits per heavy atom. The molecule has 6 rings (SSSR count). The fourth-order valence-electron chi connectivity index (χ4n) is 6.00. The van der Waals surface area contributed by atoms with Crippen molar-refractivity contribution in [1.82, 2.24) is 14.8 Å². The fourth-order valence-corrected chi connectivity index (χ4v) is 6.00. The van der Waals surface area contributed by atoms with E-state index in [-0.39, 0.29) is 36.9 Å². The molecule has 2 aromatic rings. The molecule has 40 heavy (non-hydrogen) atoms. The maximum atomic E-state index is 14.8. The van der Waals surface area contributed by atoms with Gasteiger partial charge in [-0.25, -0.2) is 9.40 Å². The van der Waals surface area contributed by atoms with Gasteiger partial charge in [-0.2, -0.15) is 5.10 Å². The number of rotatable bonds is 8. The Morgan fingerprint density at radius 3 is 2.60 bits per heavy atom. The van der Waals surface area contributed by atoms with E-state index in [1.54, 1.807) is 23.1 Å². The van der Waals surface area contributed by atoms with E-state index >= 15 is 0 Å². The van der Waals surface area contributed by atoms with Gasteiger partial charge in [-0.3, -0.25) is 14.5 Å². The largest absolute Gasteiger partial charge is 0.454 e. The SMILES string of the molecule is O=C(C1CCCC1)N(CCN1CCOCC1)CC(=O)N1N=C(c2ccccc2F)C[C@H]1c1ccc2c(c1)OCO2. The van der Waals surface area contributed by atoms with Crippen LogP contribution in [0.2, 0.25) is 0 Å². The van der Waals surface area contributed by atoms with Crippen LogP contribution in [0.25, 0.3) is 0 Å². The van der Waals surface area contributed by atoms with Crippen LogP contribution >= 0.6 is 0 Å². The molecule has 0 aromatic heterocycles. The molecule has 0 spiro atoms. The summed E-state index contributed by atoms with van der Waals surface area (Å²) in [6.45, 7) is 4.20. The van der Waals surface area contributed by atoms with E-state index in [9.17, 15) is 14.0 Å². The lowest BCUT2D eigenvalue weighted by Crippen LogP contribution is -2.47. The van der Waals surface area contributed by atoms with Crippen molar-refractivity contribution in [3.05, 3.63) is 59.4 Å². The van der Waals surface area contributed by atoms with Gasteiger partial charge in [-0.15, -0.1) is 0 Å². The predicted molar refractivity (Wildman–Crippen MR) is 146 cm³/mol. The molecular weight excluding hydrogens is 515 g/mol.